The summed E-state index contributed by atoms with van der Waals surface area (Å²) in [4.78, 5) is 6.34. The Balaban J connectivity index is 1.74. The second kappa shape index (κ2) is 8.99. The molecule has 0 saturated heterocycles. The number of methoxy groups -OCH3 is 1. The van der Waals surface area contributed by atoms with Crippen LogP contribution in [0.5, 0.6) is 0 Å². The number of alkyl halides is 3. The fourth-order valence-electron chi connectivity index (χ4n) is 2.74. The van der Waals surface area contributed by atoms with Crippen LogP contribution in [0.1, 0.15) is 17.0 Å². The molecule has 8 heteroatoms. The summed E-state index contributed by atoms with van der Waals surface area (Å²) < 4.78 is 49.1. The van der Waals surface area contributed by atoms with Crippen molar-refractivity contribution in [1.29, 1.82) is 0 Å². The van der Waals surface area contributed by atoms with Gasteiger partial charge in [0.1, 0.15) is 0 Å². The molecule has 1 aromatic heterocycles. The van der Waals surface area contributed by atoms with Gasteiger partial charge in [-0.3, -0.25) is 4.90 Å². The first-order valence-corrected chi connectivity index (χ1v) is 8.71. The molecular formula is C20H20F3N3O2. The summed E-state index contributed by atoms with van der Waals surface area (Å²) in [6, 6.07) is 14.8. The molecule has 0 radical (unpaired) electrons. The Kier molecular flexibility index (Phi) is 6.43. The van der Waals surface area contributed by atoms with Crippen molar-refractivity contribution in [3.8, 4) is 11.4 Å². The molecule has 0 aliphatic heterocycles. The zero-order valence-electron chi connectivity index (χ0n) is 15.3. The fourth-order valence-corrected chi connectivity index (χ4v) is 2.74. The van der Waals surface area contributed by atoms with E-state index in [2.05, 4.69) is 15.0 Å². The van der Waals surface area contributed by atoms with Crippen molar-refractivity contribution < 1.29 is 22.4 Å². The zero-order valence-corrected chi connectivity index (χ0v) is 15.3. The van der Waals surface area contributed by atoms with E-state index in [4.69, 9.17) is 9.26 Å². The van der Waals surface area contributed by atoms with Crippen molar-refractivity contribution in [2.75, 3.05) is 20.3 Å². The molecule has 28 heavy (non-hydrogen) atoms. The van der Waals surface area contributed by atoms with Crippen LogP contribution < -0.4 is 0 Å². The molecule has 0 aliphatic carbocycles. The minimum absolute atomic E-state index is 0.132. The van der Waals surface area contributed by atoms with Crippen molar-refractivity contribution >= 4 is 0 Å². The van der Waals surface area contributed by atoms with Gasteiger partial charge in [-0.15, -0.1) is 0 Å². The van der Waals surface area contributed by atoms with E-state index in [0.717, 1.165) is 17.7 Å². The Labute approximate surface area is 160 Å². The molecule has 0 saturated carbocycles. The smallest absolute Gasteiger partial charge is 0.383 e. The van der Waals surface area contributed by atoms with E-state index in [1.54, 1.807) is 7.11 Å². The van der Waals surface area contributed by atoms with Crippen LogP contribution >= 0.6 is 0 Å². The minimum atomic E-state index is -4.42. The third-order valence-corrected chi connectivity index (χ3v) is 4.14. The number of nitrogens with zero attached hydrogens (tertiary/aromatic N) is 3. The molecule has 0 spiro atoms. The van der Waals surface area contributed by atoms with E-state index in [9.17, 15) is 13.2 Å². The van der Waals surface area contributed by atoms with E-state index in [0.29, 0.717) is 32.1 Å². The average molecular weight is 391 g/mol. The lowest BCUT2D eigenvalue weighted by Crippen LogP contribution is -2.26. The van der Waals surface area contributed by atoms with Gasteiger partial charge >= 0.3 is 6.18 Å². The van der Waals surface area contributed by atoms with Crippen molar-refractivity contribution in [2.24, 2.45) is 0 Å². The molecule has 3 rings (SSSR count). The number of benzene rings is 2. The molecule has 0 fully saturated rings. The van der Waals surface area contributed by atoms with Gasteiger partial charge in [0, 0.05) is 25.8 Å². The first kappa shape index (κ1) is 20.0. The molecule has 148 valence electrons. The molecule has 2 aromatic carbocycles. The van der Waals surface area contributed by atoms with Gasteiger partial charge in [0.2, 0.25) is 11.7 Å². The van der Waals surface area contributed by atoms with Crippen molar-refractivity contribution in [2.45, 2.75) is 19.3 Å². The lowest BCUT2D eigenvalue weighted by Gasteiger charge is -2.20. The third kappa shape index (κ3) is 5.40. The van der Waals surface area contributed by atoms with E-state index in [-0.39, 0.29) is 11.4 Å². The molecule has 0 bridgehead atoms. The number of hydrogen-bond donors (Lipinski definition) is 0. The maximum atomic E-state index is 12.9. The number of halogens is 3. The number of rotatable bonds is 8. The summed E-state index contributed by atoms with van der Waals surface area (Å²) in [6.07, 6.45) is -4.42. The quantitative estimate of drug-likeness (QED) is 0.570. The van der Waals surface area contributed by atoms with Crippen LogP contribution in [0.3, 0.4) is 0 Å². The Morgan fingerprint density at radius 3 is 2.54 bits per heavy atom. The fraction of sp³-hybridized carbons (Fsp3) is 0.300. The van der Waals surface area contributed by atoms with Crippen molar-refractivity contribution in [3.05, 3.63) is 71.6 Å². The number of hydrogen-bond acceptors (Lipinski definition) is 5. The number of aromatic nitrogens is 2. The van der Waals surface area contributed by atoms with Gasteiger partial charge < -0.3 is 9.26 Å². The van der Waals surface area contributed by atoms with E-state index in [1.807, 2.05) is 30.3 Å². The lowest BCUT2D eigenvalue weighted by molar-refractivity contribution is -0.137. The standard InChI is InChI=1S/C20H20F3N3O2/c1-27-11-10-26(13-15-6-3-2-4-7-15)14-18-24-19(25-28-18)16-8-5-9-17(12-16)20(21,22)23/h2-9,12H,10-11,13-14H2,1H3. The van der Waals surface area contributed by atoms with Gasteiger partial charge in [0.25, 0.3) is 0 Å². The van der Waals surface area contributed by atoms with Crippen LogP contribution in [0.4, 0.5) is 13.2 Å². The maximum absolute atomic E-state index is 12.9. The Hall–Kier alpha value is -2.71. The highest BCUT2D eigenvalue weighted by Gasteiger charge is 2.30. The van der Waals surface area contributed by atoms with E-state index in [1.165, 1.54) is 12.1 Å². The monoisotopic (exact) mass is 391 g/mol. The normalized spacial score (nSPS) is 11.9. The molecule has 3 aromatic rings. The van der Waals surface area contributed by atoms with Gasteiger partial charge in [0.15, 0.2) is 0 Å². The molecule has 0 unspecified atom stereocenters. The van der Waals surface area contributed by atoms with Crippen LogP contribution in [0.2, 0.25) is 0 Å². The largest absolute Gasteiger partial charge is 0.416 e. The topological polar surface area (TPSA) is 51.4 Å². The van der Waals surface area contributed by atoms with Gasteiger partial charge in [-0.25, -0.2) is 0 Å². The summed E-state index contributed by atoms with van der Waals surface area (Å²) in [5.74, 6) is 0.465. The minimum Gasteiger partial charge on any atom is -0.383 e. The van der Waals surface area contributed by atoms with Crippen molar-refractivity contribution in [3.63, 3.8) is 0 Å². The summed E-state index contributed by atoms with van der Waals surface area (Å²) in [6.45, 7) is 2.20. The first-order valence-electron chi connectivity index (χ1n) is 8.71. The van der Waals surface area contributed by atoms with Crippen LogP contribution in [0, 0.1) is 0 Å². The Morgan fingerprint density at radius 2 is 1.82 bits per heavy atom. The zero-order chi connectivity index (χ0) is 20.0. The van der Waals surface area contributed by atoms with Crippen LogP contribution in [0.15, 0.2) is 59.1 Å². The van der Waals surface area contributed by atoms with E-state index >= 15 is 0 Å². The Bertz CT molecular complexity index is 882. The highest BCUT2D eigenvalue weighted by molar-refractivity contribution is 5.55. The summed E-state index contributed by atoms with van der Waals surface area (Å²) in [5.41, 5.74) is 0.634. The second-order valence-electron chi connectivity index (χ2n) is 6.28. The van der Waals surface area contributed by atoms with Gasteiger partial charge in [-0.1, -0.05) is 47.6 Å². The van der Waals surface area contributed by atoms with Crippen LogP contribution in [-0.2, 0) is 24.0 Å². The first-order chi connectivity index (χ1) is 13.5. The molecule has 0 N–H and O–H groups in total. The molecular weight excluding hydrogens is 371 g/mol. The van der Waals surface area contributed by atoms with Crippen molar-refractivity contribution in [1.82, 2.24) is 15.0 Å². The third-order valence-electron chi connectivity index (χ3n) is 4.14. The van der Waals surface area contributed by atoms with E-state index < -0.39 is 11.7 Å². The predicted octanol–water partition coefficient (Wildman–Crippen LogP) is 4.40. The summed E-state index contributed by atoms with van der Waals surface area (Å²) in [7, 11) is 1.62. The number of ether oxygens (including phenoxy) is 1. The van der Waals surface area contributed by atoms with Gasteiger partial charge in [-0.05, 0) is 17.7 Å². The molecule has 0 aliphatic rings. The Morgan fingerprint density at radius 1 is 1.04 bits per heavy atom. The summed E-state index contributed by atoms with van der Waals surface area (Å²) >= 11 is 0. The lowest BCUT2D eigenvalue weighted by atomic mass is 10.1. The SMILES string of the molecule is COCCN(Cc1ccccc1)Cc1nc(-c2cccc(C(F)(F)F)c2)no1. The molecule has 1 heterocycles. The van der Waals surface area contributed by atoms with Crippen LogP contribution in [-0.4, -0.2) is 35.3 Å². The highest BCUT2D eigenvalue weighted by Crippen LogP contribution is 2.31. The maximum Gasteiger partial charge on any atom is 0.416 e. The second-order valence-corrected chi connectivity index (χ2v) is 6.28. The van der Waals surface area contributed by atoms with Crippen LogP contribution in [0.25, 0.3) is 11.4 Å². The highest BCUT2D eigenvalue weighted by atomic mass is 19.4. The van der Waals surface area contributed by atoms with Gasteiger partial charge in [-0.2, -0.15) is 18.2 Å². The van der Waals surface area contributed by atoms with Gasteiger partial charge in [0.05, 0.1) is 18.7 Å². The predicted molar refractivity (Wildman–Crippen MR) is 97.2 cm³/mol. The summed E-state index contributed by atoms with van der Waals surface area (Å²) in [5, 5.41) is 3.84. The average Bonchev–Trinajstić information content (AvgIpc) is 3.15. The molecule has 0 atom stereocenters. The molecule has 5 nitrogen and oxygen atoms in total. The molecule has 0 amide bonds.